The first-order chi connectivity index (χ1) is 7.16. The Morgan fingerprint density at radius 2 is 2.33 bits per heavy atom. The Bertz CT molecular complexity index is 382. The largest absolute Gasteiger partial charge is 0.362 e. The fourth-order valence-electron chi connectivity index (χ4n) is 1.52. The molecule has 1 saturated heterocycles. The molecule has 15 heavy (non-hydrogen) atoms. The highest BCUT2D eigenvalue weighted by Gasteiger charge is 2.20. The maximum Gasteiger partial charge on any atom is 0.246 e. The Labute approximate surface area is 96.9 Å². The van der Waals surface area contributed by atoms with Gasteiger partial charge in [0.25, 0.3) is 0 Å². The van der Waals surface area contributed by atoms with Crippen LogP contribution < -0.4 is 5.32 Å². The molecule has 1 aromatic rings. The molecule has 1 heterocycles. The lowest BCUT2D eigenvalue weighted by Gasteiger charge is -2.23. The van der Waals surface area contributed by atoms with Crippen LogP contribution in [0.1, 0.15) is 17.2 Å². The molecule has 2 rings (SSSR count). The number of rotatable bonds is 1. The first-order valence-electron chi connectivity index (χ1n) is 4.81. The van der Waals surface area contributed by atoms with Gasteiger partial charge in [0.15, 0.2) is 0 Å². The normalized spacial score (nSPS) is 21.2. The summed E-state index contributed by atoms with van der Waals surface area (Å²) in [6.45, 7) is 2.74. The molecule has 1 amide bonds. The van der Waals surface area contributed by atoms with E-state index in [0.29, 0.717) is 6.54 Å². The van der Waals surface area contributed by atoms with Crippen molar-refractivity contribution < 1.29 is 9.53 Å². The molecule has 1 unspecified atom stereocenters. The summed E-state index contributed by atoms with van der Waals surface area (Å²) in [5, 5.41) is 2.79. The van der Waals surface area contributed by atoms with E-state index in [2.05, 4.69) is 21.2 Å². The summed E-state index contributed by atoms with van der Waals surface area (Å²) in [4.78, 5) is 10.9. The van der Waals surface area contributed by atoms with Gasteiger partial charge < -0.3 is 10.1 Å². The Morgan fingerprint density at radius 1 is 1.53 bits per heavy atom. The SMILES string of the molecule is Cc1ccc(C2CNC(=O)CO2)cc1Br. The van der Waals surface area contributed by atoms with Crippen LogP contribution in [0.3, 0.4) is 0 Å². The average molecular weight is 270 g/mol. The van der Waals surface area contributed by atoms with Gasteiger partial charge in [0, 0.05) is 11.0 Å². The average Bonchev–Trinajstić information content (AvgIpc) is 2.23. The van der Waals surface area contributed by atoms with E-state index in [4.69, 9.17) is 4.74 Å². The Kier molecular flexibility index (Phi) is 3.07. The smallest absolute Gasteiger partial charge is 0.246 e. The monoisotopic (exact) mass is 269 g/mol. The van der Waals surface area contributed by atoms with Crippen LogP contribution in [0.25, 0.3) is 0 Å². The lowest BCUT2D eigenvalue weighted by molar-refractivity contribution is -0.133. The summed E-state index contributed by atoms with van der Waals surface area (Å²) in [7, 11) is 0. The molecule has 0 aliphatic carbocycles. The number of nitrogens with one attached hydrogen (secondary N) is 1. The first kappa shape index (κ1) is 10.6. The van der Waals surface area contributed by atoms with E-state index in [0.717, 1.165) is 10.0 Å². The minimum atomic E-state index is -0.0440. The van der Waals surface area contributed by atoms with Crippen LogP contribution in [-0.2, 0) is 9.53 Å². The molecule has 4 heteroatoms. The van der Waals surface area contributed by atoms with Crippen LogP contribution in [0.5, 0.6) is 0 Å². The molecule has 80 valence electrons. The molecule has 1 fully saturated rings. The number of halogens is 1. The van der Waals surface area contributed by atoms with Crippen molar-refractivity contribution in [2.24, 2.45) is 0 Å². The van der Waals surface area contributed by atoms with Crippen molar-refractivity contribution in [3.8, 4) is 0 Å². The predicted molar refractivity (Wildman–Crippen MR) is 60.6 cm³/mol. The standard InChI is InChI=1S/C11H12BrNO2/c1-7-2-3-8(4-9(7)12)10-5-13-11(14)6-15-10/h2-4,10H,5-6H2,1H3,(H,13,14). The van der Waals surface area contributed by atoms with Crippen LogP contribution in [0.15, 0.2) is 22.7 Å². The van der Waals surface area contributed by atoms with Crippen LogP contribution in [-0.4, -0.2) is 19.1 Å². The summed E-state index contributed by atoms with van der Waals surface area (Å²) in [6.07, 6.45) is -0.0281. The molecule has 0 radical (unpaired) electrons. The molecular weight excluding hydrogens is 258 g/mol. The number of ether oxygens (including phenoxy) is 1. The molecule has 0 bridgehead atoms. The minimum absolute atomic E-state index is 0.0281. The summed E-state index contributed by atoms with van der Waals surface area (Å²) in [5.41, 5.74) is 2.28. The Morgan fingerprint density at radius 3 is 2.93 bits per heavy atom. The van der Waals surface area contributed by atoms with Crippen molar-refractivity contribution in [3.63, 3.8) is 0 Å². The van der Waals surface area contributed by atoms with Crippen LogP contribution >= 0.6 is 15.9 Å². The molecule has 0 aromatic heterocycles. The third-order valence-corrected chi connectivity index (χ3v) is 3.32. The highest BCUT2D eigenvalue weighted by Crippen LogP contribution is 2.24. The molecule has 1 aromatic carbocycles. The van der Waals surface area contributed by atoms with Gasteiger partial charge in [-0.15, -0.1) is 0 Å². The number of amides is 1. The van der Waals surface area contributed by atoms with Crippen LogP contribution in [0, 0.1) is 6.92 Å². The maximum absolute atomic E-state index is 10.9. The van der Waals surface area contributed by atoms with E-state index in [1.165, 1.54) is 5.56 Å². The lowest BCUT2D eigenvalue weighted by Crippen LogP contribution is -2.38. The van der Waals surface area contributed by atoms with E-state index >= 15 is 0 Å². The lowest BCUT2D eigenvalue weighted by atomic mass is 10.1. The zero-order chi connectivity index (χ0) is 10.8. The van der Waals surface area contributed by atoms with Gasteiger partial charge in [-0.2, -0.15) is 0 Å². The molecule has 0 saturated carbocycles. The van der Waals surface area contributed by atoms with Gasteiger partial charge in [0.1, 0.15) is 12.7 Å². The second-order valence-electron chi connectivity index (χ2n) is 3.61. The van der Waals surface area contributed by atoms with E-state index in [-0.39, 0.29) is 18.6 Å². The summed E-state index contributed by atoms with van der Waals surface area (Å²) in [6, 6.07) is 6.11. The summed E-state index contributed by atoms with van der Waals surface area (Å²) in [5.74, 6) is -0.0440. The summed E-state index contributed by atoms with van der Waals surface area (Å²) >= 11 is 3.48. The van der Waals surface area contributed by atoms with Crippen molar-refractivity contribution in [1.29, 1.82) is 0 Å². The first-order valence-corrected chi connectivity index (χ1v) is 5.60. The molecular formula is C11H12BrNO2. The number of carbonyl (C=O) groups is 1. The zero-order valence-corrected chi connectivity index (χ0v) is 10.0. The predicted octanol–water partition coefficient (Wildman–Crippen LogP) is 1.95. The van der Waals surface area contributed by atoms with Crippen molar-refractivity contribution in [1.82, 2.24) is 5.32 Å². The number of hydrogen-bond acceptors (Lipinski definition) is 2. The number of aryl methyl sites for hydroxylation is 1. The molecule has 1 N–H and O–H groups in total. The van der Waals surface area contributed by atoms with E-state index in [9.17, 15) is 4.79 Å². The molecule has 3 nitrogen and oxygen atoms in total. The molecule has 0 spiro atoms. The van der Waals surface area contributed by atoms with Crippen molar-refractivity contribution in [2.75, 3.05) is 13.2 Å². The van der Waals surface area contributed by atoms with Gasteiger partial charge in [-0.25, -0.2) is 0 Å². The van der Waals surface area contributed by atoms with Gasteiger partial charge in [-0.3, -0.25) is 4.79 Å². The topological polar surface area (TPSA) is 38.3 Å². The molecule has 1 atom stereocenters. The van der Waals surface area contributed by atoms with Gasteiger partial charge >= 0.3 is 0 Å². The number of morpholine rings is 1. The minimum Gasteiger partial charge on any atom is -0.362 e. The number of carbonyl (C=O) groups excluding carboxylic acids is 1. The second-order valence-corrected chi connectivity index (χ2v) is 4.47. The maximum atomic E-state index is 10.9. The van der Waals surface area contributed by atoms with Crippen molar-refractivity contribution >= 4 is 21.8 Å². The fourth-order valence-corrected chi connectivity index (χ4v) is 1.91. The van der Waals surface area contributed by atoms with Gasteiger partial charge in [-0.1, -0.05) is 28.1 Å². The third-order valence-electron chi connectivity index (χ3n) is 2.47. The fraction of sp³-hybridized carbons (Fsp3) is 0.364. The molecule has 1 aliphatic rings. The highest BCUT2D eigenvalue weighted by atomic mass is 79.9. The van der Waals surface area contributed by atoms with Gasteiger partial charge in [0.05, 0.1) is 0 Å². The van der Waals surface area contributed by atoms with Gasteiger partial charge in [-0.05, 0) is 24.1 Å². The zero-order valence-electron chi connectivity index (χ0n) is 8.42. The Hall–Kier alpha value is -0.870. The van der Waals surface area contributed by atoms with E-state index < -0.39 is 0 Å². The molecule has 1 aliphatic heterocycles. The highest BCUT2D eigenvalue weighted by molar-refractivity contribution is 9.10. The quantitative estimate of drug-likeness (QED) is 0.847. The van der Waals surface area contributed by atoms with E-state index in [1.807, 2.05) is 25.1 Å². The third kappa shape index (κ3) is 2.38. The van der Waals surface area contributed by atoms with Crippen molar-refractivity contribution in [3.05, 3.63) is 33.8 Å². The van der Waals surface area contributed by atoms with Crippen LogP contribution in [0.4, 0.5) is 0 Å². The Balaban J connectivity index is 2.16. The van der Waals surface area contributed by atoms with Gasteiger partial charge in [0.2, 0.25) is 5.91 Å². The van der Waals surface area contributed by atoms with Crippen LogP contribution in [0.2, 0.25) is 0 Å². The summed E-state index contributed by atoms with van der Waals surface area (Å²) < 4.78 is 6.51. The second kappa shape index (κ2) is 4.33. The number of hydrogen-bond donors (Lipinski definition) is 1. The van der Waals surface area contributed by atoms with E-state index in [1.54, 1.807) is 0 Å². The number of benzene rings is 1. The van der Waals surface area contributed by atoms with Crippen molar-refractivity contribution in [2.45, 2.75) is 13.0 Å².